The van der Waals surface area contributed by atoms with Crippen LogP contribution in [0.25, 0.3) is 10.2 Å². The largest absolute Gasteiger partial charge is 0.455 e. The molecular formula is C18H23N3O3S2. The Balaban J connectivity index is 1.42. The number of thiophene rings is 1. The van der Waals surface area contributed by atoms with Crippen molar-refractivity contribution in [3.63, 3.8) is 0 Å². The average Bonchev–Trinajstić information content (AvgIpc) is 3.11. The lowest BCUT2D eigenvalue weighted by Crippen LogP contribution is -2.45. The van der Waals surface area contributed by atoms with Crippen LogP contribution in [0.3, 0.4) is 0 Å². The van der Waals surface area contributed by atoms with E-state index < -0.39 is 5.97 Å². The molecule has 1 aliphatic carbocycles. The molecule has 2 aromatic heterocycles. The highest BCUT2D eigenvalue weighted by Crippen LogP contribution is 2.29. The van der Waals surface area contributed by atoms with Gasteiger partial charge >= 0.3 is 5.97 Å². The van der Waals surface area contributed by atoms with Crippen LogP contribution in [0.1, 0.15) is 33.1 Å². The molecule has 6 nitrogen and oxygen atoms in total. The monoisotopic (exact) mass is 393 g/mol. The maximum atomic E-state index is 12.1. The Morgan fingerprint density at radius 2 is 2.19 bits per heavy atom. The lowest BCUT2D eigenvalue weighted by molar-refractivity contribution is -0.146. The Morgan fingerprint density at radius 3 is 3.04 bits per heavy atom. The van der Waals surface area contributed by atoms with E-state index in [4.69, 9.17) is 4.74 Å². The fraction of sp³-hybridized carbons (Fsp3) is 0.556. The third-order valence-corrected chi connectivity index (χ3v) is 6.77. The van der Waals surface area contributed by atoms with Gasteiger partial charge in [0.05, 0.1) is 5.75 Å². The standard InChI is InChI=1S/C18H23N3O3S2/c1-11-4-3-5-14(12(11)2)21-15(22)8-24-16(23)9-26-18-13-6-7-25-17(13)19-10-20-18/h6-7,10-12,14H,3-5,8-9H2,1-2H3,(H,21,22)/t11-,12-,14-/m1/s1. The molecular weight excluding hydrogens is 370 g/mol. The number of hydrogen-bond donors (Lipinski definition) is 1. The molecule has 26 heavy (non-hydrogen) atoms. The van der Waals surface area contributed by atoms with Gasteiger partial charge in [-0.25, -0.2) is 9.97 Å². The van der Waals surface area contributed by atoms with E-state index in [9.17, 15) is 9.59 Å². The Bertz CT molecular complexity index is 780. The molecule has 1 saturated carbocycles. The number of aromatic nitrogens is 2. The van der Waals surface area contributed by atoms with Crippen molar-refractivity contribution in [2.24, 2.45) is 11.8 Å². The van der Waals surface area contributed by atoms with Crippen LogP contribution in [0, 0.1) is 11.8 Å². The highest BCUT2D eigenvalue weighted by atomic mass is 32.2. The number of rotatable bonds is 6. The van der Waals surface area contributed by atoms with Crippen LogP contribution in [-0.2, 0) is 14.3 Å². The Kier molecular flexibility index (Phi) is 6.48. The predicted octanol–water partition coefficient (Wildman–Crippen LogP) is 3.27. The summed E-state index contributed by atoms with van der Waals surface area (Å²) in [5.74, 6) is 0.528. The fourth-order valence-electron chi connectivity index (χ4n) is 3.23. The second kappa shape index (κ2) is 8.81. The number of carbonyl (C=O) groups is 2. The molecule has 1 amide bonds. The van der Waals surface area contributed by atoms with Crippen molar-refractivity contribution in [3.05, 3.63) is 17.8 Å². The quantitative estimate of drug-likeness (QED) is 0.461. The molecule has 0 radical (unpaired) electrons. The molecule has 2 heterocycles. The van der Waals surface area contributed by atoms with Crippen LogP contribution >= 0.6 is 23.1 Å². The van der Waals surface area contributed by atoms with Gasteiger partial charge in [0, 0.05) is 11.4 Å². The second-order valence-corrected chi connectivity index (χ2v) is 8.57. The molecule has 3 atom stereocenters. The number of fused-ring (bicyclic) bond motifs is 1. The summed E-state index contributed by atoms with van der Waals surface area (Å²) in [4.78, 5) is 33.3. The number of nitrogens with one attached hydrogen (secondary N) is 1. The van der Waals surface area contributed by atoms with Gasteiger partial charge in [0.25, 0.3) is 5.91 Å². The molecule has 0 saturated heterocycles. The Morgan fingerprint density at radius 1 is 1.35 bits per heavy atom. The van der Waals surface area contributed by atoms with Crippen LogP contribution in [0.5, 0.6) is 0 Å². The number of thioether (sulfide) groups is 1. The van der Waals surface area contributed by atoms with E-state index in [0.717, 1.165) is 28.1 Å². The highest BCUT2D eigenvalue weighted by molar-refractivity contribution is 8.00. The first-order valence-electron chi connectivity index (χ1n) is 8.80. The van der Waals surface area contributed by atoms with Gasteiger partial charge in [-0.15, -0.1) is 11.3 Å². The van der Waals surface area contributed by atoms with E-state index in [-0.39, 0.29) is 24.3 Å². The van der Waals surface area contributed by atoms with E-state index in [1.807, 2.05) is 11.4 Å². The number of amides is 1. The lowest BCUT2D eigenvalue weighted by Gasteiger charge is -2.34. The van der Waals surface area contributed by atoms with Gasteiger partial charge in [0.1, 0.15) is 16.2 Å². The molecule has 2 aromatic rings. The Hall–Kier alpha value is -1.67. The van der Waals surface area contributed by atoms with Crippen molar-refractivity contribution in [2.45, 2.75) is 44.2 Å². The molecule has 1 aliphatic rings. The zero-order valence-corrected chi connectivity index (χ0v) is 16.6. The predicted molar refractivity (Wildman–Crippen MR) is 103 cm³/mol. The first kappa shape index (κ1) is 19.1. The van der Waals surface area contributed by atoms with Gasteiger partial charge in [0.2, 0.25) is 0 Å². The zero-order chi connectivity index (χ0) is 18.5. The average molecular weight is 394 g/mol. The summed E-state index contributed by atoms with van der Waals surface area (Å²) in [6.45, 7) is 4.16. The SMILES string of the molecule is C[C@@H]1[C@H](C)CCC[C@H]1NC(=O)COC(=O)CSc1ncnc2sccc12. The first-order chi connectivity index (χ1) is 12.5. The van der Waals surface area contributed by atoms with Gasteiger partial charge in [0.15, 0.2) is 6.61 Å². The van der Waals surface area contributed by atoms with Gasteiger partial charge in [-0.2, -0.15) is 0 Å². The smallest absolute Gasteiger partial charge is 0.316 e. The van der Waals surface area contributed by atoms with Gasteiger partial charge in [-0.1, -0.05) is 38.5 Å². The minimum atomic E-state index is -0.419. The van der Waals surface area contributed by atoms with E-state index in [0.29, 0.717) is 11.8 Å². The normalized spacial score (nSPS) is 22.9. The number of ether oxygens (including phenoxy) is 1. The molecule has 0 aromatic carbocycles. The molecule has 0 bridgehead atoms. The topological polar surface area (TPSA) is 81.2 Å². The van der Waals surface area contributed by atoms with Crippen molar-refractivity contribution in [1.29, 1.82) is 0 Å². The number of esters is 1. The van der Waals surface area contributed by atoms with E-state index >= 15 is 0 Å². The first-order valence-corrected chi connectivity index (χ1v) is 10.7. The minimum Gasteiger partial charge on any atom is -0.455 e. The van der Waals surface area contributed by atoms with Crippen molar-refractivity contribution >= 4 is 45.2 Å². The summed E-state index contributed by atoms with van der Waals surface area (Å²) in [5.41, 5.74) is 0. The molecule has 1 fully saturated rings. The van der Waals surface area contributed by atoms with Crippen LogP contribution < -0.4 is 5.32 Å². The second-order valence-electron chi connectivity index (χ2n) is 6.71. The number of nitrogens with zero attached hydrogens (tertiary/aromatic N) is 2. The minimum absolute atomic E-state index is 0.117. The van der Waals surface area contributed by atoms with E-state index in [1.54, 1.807) is 0 Å². The molecule has 0 spiro atoms. The molecule has 1 N–H and O–H groups in total. The van der Waals surface area contributed by atoms with Gasteiger partial charge in [-0.3, -0.25) is 9.59 Å². The Labute approximate surface area is 161 Å². The van der Waals surface area contributed by atoms with E-state index in [1.165, 1.54) is 35.8 Å². The van der Waals surface area contributed by atoms with Gasteiger partial charge in [-0.05, 0) is 29.7 Å². The van der Waals surface area contributed by atoms with Crippen LogP contribution in [0.15, 0.2) is 22.8 Å². The lowest BCUT2D eigenvalue weighted by atomic mass is 9.78. The highest BCUT2D eigenvalue weighted by Gasteiger charge is 2.28. The maximum absolute atomic E-state index is 12.1. The van der Waals surface area contributed by atoms with Crippen molar-refractivity contribution in [1.82, 2.24) is 15.3 Å². The number of carbonyl (C=O) groups excluding carboxylic acids is 2. The molecule has 8 heteroatoms. The van der Waals surface area contributed by atoms with Gasteiger partial charge < -0.3 is 10.1 Å². The van der Waals surface area contributed by atoms with Crippen molar-refractivity contribution < 1.29 is 14.3 Å². The summed E-state index contributed by atoms with van der Waals surface area (Å²) < 4.78 is 5.11. The summed E-state index contributed by atoms with van der Waals surface area (Å²) >= 11 is 2.83. The molecule has 0 aliphatic heterocycles. The summed E-state index contributed by atoms with van der Waals surface area (Å²) in [6.07, 6.45) is 4.82. The third kappa shape index (κ3) is 4.73. The molecule has 140 valence electrons. The van der Waals surface area contributed by atoms with Crippen LogP contribution in [0.2, 0.25) is 0 Å². The van der Waals surface area contributed by atoms with Crippen LogP contribution in [0.4, 0.5) is 0 Å². The summed E-state index contributed by atoms with van der Waals surface area (Å²) in [5, 5.41) is 6.64. The zero-order valence-electron chi connectivity index (χ0n) is 14.9. The molecule has 3 rings (SSSR count). The maximum Gasteiger partial charge on any atom is 0.316 e. The summed E-state index contributed by atoms with van der Waals surface area (Å²) in [6, 6.07) is 2.11. The summed E-state index contributed by atoms with van der Waals surface area (Å²) in [7, 11) is 0. The van der Waals surface area contributed by atoms with Crippen molar-refractivity contribution in [3.8, 4) is 0 Å². The molecule has 0 unspecified atom stereocenters. The van der Waals surface area contributed by atoms with Crippen LogP contribution in [-0.4, -0.2) is 40.2 Å². The third-order valence-electron chi connectivity index (χ3n) is 4.97. The van der Waals surface area contributed by atoms with E-state index in [2.05, 4.69) is 29.1 Å². The fourth-order valence-corrected chi connectivity index (χ4v) is 4.81. The van der Waals surface area contributed by atoms with Crippen molar-refractivity contribution in [2.75, 3.05) is 12.4 Å². The number of hydrogen-bond acceptors (Lipinski definition) is 7.